The van der Waals surface area contributed by atoms with E-state index in [1.165, 1.54) is 6.07 Å². The van der Waals surface area contributed by atoms with Crippen LogP contribution in [0.15, 0.2) is 54.7 Å². The van der Waals surface area contributed by atoms with Crippen LogP contribution in [0.5, 0.6) is 0 Å². The number of nitrogens with zero attached hydrogens (tertiary/aromatic N) is 1. The van der Waals surface area contributed by atoms with Gasteiger partial charge in [-0.2, -0.15) is 0 Å². The quantitative estimate of drug-likeness (QED) is 0.735. The first-order valence-electron chi connectivity index (χ1n) is 5.80. The minimum atomic E-state index is -0.973. The van der Waals surface area contributed by atoms with Crippen molar-refractivity contribution in [1.29, 1.82) is 0 Å². The zero-order valence-electron chi connectivity index (χ0n) is 9.95. The minimum absolute atomic E-state index is 0.128. The highest BCUT2D eigenvalue weighted by atomic mass is 16.4. The molecule has 1 aromatic carbocycles. The lowest BCUT2D eigenvalue weighted by molar-refractivity contribution is 0.0699. The molecule has 19 heavy (non-hydrogen) atoms. The molecule has 0 atom stereocenters. The maximum absolute atomic E-state index is 11.0. The zero-order chi connectivity index (χ0) is 13.4. The Labute approximate surface area is 108 Å². The summed E-state index contributed by atoms with van der Waals surface area (Å²) in [6, 6.07) is 14.1. The summed E-state index contributed by atoms with van der Waals surface area (Å²) in [7, 11) is 0. The summed E-state index contributed by atoms with van der Waals surface area (Å²) in [5.41, 5.74) is 1.50. The Kier molecular flexibility index (Phi) is 2.49. The van der Waals surface area contributed by atoms with E-state index >= 15 is 0 Å². The molecule has 0 radical (unpaired) electrons. The predicted octanol–water partition coefficient (Wildman–Crippen LogP) is 2.07. The molecule has 2 aromatic heterocycles. The Morgan fingerprint density at radius 3 is 2.37 bits per heavy atom. The van der Waals surface area contributed by atoms with Gasteiger partial charge in [-0.15, -0.1) is 0 Å². The first kappa shape index (κ1) is 11.3. The summed E-state index contributed by atoms with van der Waals surface area (Å²) in [4.78, 5) is 11.0. The topological polar surface area (TPSA) is 61.9 Å². The van der Waals surface area contributed by atoms with Gasteiger partial charge >= 0.3 is 5.97 Å². The number of hydrogen-bond donors (Lipinski definition) is 2. The van der Waals surface area contributed by atoms with Crippen molar-refractivity contribution < 1.29 is 15.0 Å². The zero-order valence-corrected chi connectivity index (χ0v) is 9.95. The lowest BCUT2D eigenvalue weighted by Crippen LogP contribution is -2.12. The second-order valence-electron chi connectivity index (χ2n) is 4.22. The van der Waals surface area contributed by atoms with Gasteiger partial charge in [-0.3, -0.25) is 0 Å². The number of aromatic carboxylic acids is 1. The van der Waals surface area contributed by atoms with Gasteiger partial charge in [0.2, 0.25) is 0 Å². The van der Waals surface area contributed by atoms with Crippen LogP contribution in [0.2, 0.25) is 0 Å². The molecule has 3 aromatic rings. The lowest BCUT2D eigenvalue weighted by atomic mass is 10.2. The molecule has 0 unspecified atom stereocenters. The molecule has 2 N–H and O–H groups in total. The highest BCUT2D eigenvalue weighted by molar-refractivity contribution is 5.96. The van der Waals surface area contributed by atoms with Gasteiger partial charge in [0.15, 0.2) is 0 Å². The first-order valence-corrected chi connectivity index (χ1v) is 5.80. The molecule has 0 saturated heterocycles. The van der Waals surface area contributed by atoms with Gasteiger partial charge in [0.25, 0.3) is 0 Å². The molecule has 0 aliphatic rings. The highest BCUT2D eigenvalue weighted by Gasteiger charge is 2.12. The molecule has 2 heterocycles. The molecule has 0 aliphatic carbocycles. The molecule has 4 nitrogen and oxygen atoms in total. The summed E-state index contributed by atoms with van der Waals surface area (Å²) in [6.45, 7) is 0. The Hall–Kier alpha value is -2.75. The molecular formula is C15H11NO3. The van der Waals surface area contributed by atoms with Crippen LogP contribution in [0.1, 0.15) is 15.9 Å². The van der Waals surface area contributed by atoms with Crippen LogP contribution < -0.4 is 5.35 Å². The van der Waals surface area contributed by atoms with Crippen molar-refractivity contribution in [3.05, 3.63) is 71.2 Å². The van der Waals surface area contributed by atoms with E-state index in [-0.39, 0.29) is 11.3 Å². The SMILES string of the molecule is O=C(O)c1ccn2c(=C(O)c3ccccc3)ccc12. The summed E-state index contributed by atoms with van der Waals surface area (Å²) < 4.78 is 1.67. The van der Waals surface area contributed by atoms with E-state index in [1.54, 1.807) is 34.9 Å². The van der Waals surface area contributed by atoms with Crippen molar-refractivity contribution in [2.45, 2.75) is 0 Å². The lowest BCUT2D eigenvalue weighted by Gasteiger charge is -1.98. The van der Waals surface area contributed by atoms with Crippen LogP contribution in [0, 0.1) is 0 Å². The Balaban J connectivity index is 2.29. The third kappa shape index (κ3) is 1.74. The average Bonchev–Trinajstić information content (AvgIpc) is 2.99. The number of carboxylic acids is 1. The van der Waals surface area contributed by atoms with Crippen molar-refractivity contribution in [3.8, 4) is 0 Å². The number of carbonyl (C=O) groups is 1. The average molecular weight is 253 g/mol. The normalized spacial score (nSPS) is 12.6. The largest absolute Gasteiger partial charge is 0.505 e. The van der Waals surface area contributed by atoms with Gasteiger partial charge in [0.05, 0.1) is 16.4 Å². The summed E-state index contributed by atoms with van der Waals surface area (Å²) in [6.07, 6.45) is 1.65. The maximum atomic E-state index is 11.0. The van der Waals surface area contributed by atoms with E-state index in [4.69, 9.17) is 5.11 Å². The number of aliphatic hydroxyl groups is 1. The van der Waals surface area contributed by atoms with Gasteiger partial charge in [-0.25, -0.2) is 4.79 Å². The number of carboxylic acid groups (broad SMARTS) is 1. The van der Waals surface area contributed by atoms with E-state index in [0.717, 1.165) is 0 Å². The summed E-state index contributed by atoms with van der Waals surface area (Å²) in [5.74, 6) is -0.845. The Morgan fingerprint density at radius 2 is 1.68 bits per heavy atom. The molecule has 0 aliphatic heterocycles. The van der Waals surface area contributed by atoms with Crippen molar-refractivity contribution in [2.24, 2.45) is 0 Å². The molecule has 0 amide bonds. The first-order chi connectivity index (χ1) is 9.18. The molecule has 4 heteroatoms. The van der Waals surface area contributed by atoms with Crippen LogP contribution in [0.3, 0.4) is 0 Å². The fourth-order valence-corrected chi connectivity index (χ4v) is 2.18. The monoisotopic (exact) mass is 253 g/mol. The molecule has 0 fully saturated rings. The van der Waals surface area contributed by atoms with E-state index < -0.39 is 5.97 Å². The second-order valence-corrected chi connectivity index (χ2v) is 4.22. The molecule has 94 valence electrons. The molecule has 0 spiro atoms. The van der Waals surface area contributed by atoms with Crippen molar-refractivity contribution in [3.63, 3.8) is 0 Å². The van der Waals surface area contributed by atoms with Crippen molar-refractivity contribution in [1.82, 2.24) is 4.40 Å². The number of fused-ring (bicyclic) bond motifs is 1. The van der Waals surface area contributed by atoms with E-state index in [9.17, 15) is 9.90 Å². The second kappa shape index (κ2) is 4.17. The Morgan fingerprint density at radius 1 is 0.947 bits per heavy atom. The van der Waals surface area contributed by atoms with Gasteiger partial charge in [0, 0.05) is 11.8 Å². The van der Waals surface area contributed by atoms with E-state index in [1.807, 2.05) is 18.2 Å². The molecule has 3 rings (SSSR count). The molecule has 0 bridgehead atoms. The standard InChI is InChI=1S/C15H11NO3/c17-14(10-4-2-1-3-5-10)13-7-6-12-11(15(18)19)8-9-16(12)13/h1-9,17H,(H,18,19). The molecule has 0 saturated carbocycles. The number of aliphatic hydroxyl groups excluding tert-OH is 1. The minimum Gasteiger partial charge on any atom is -0.505 e. The number of benzene rings is 1. The van der Waals surface area contributed by atoms with Gasteiger partial charge < -0.3 is 14.6 Å². The van der Waals surface area contributed by atoms with Crippen LogP contribution in [0.4, 0.5) is 0 Å². The third-order valence-corrected chi connectivity index (χ3v) is 3.10. The number of aromatic nitrogens is 1. The van der Waals surface area contributed by atoms with Gasteiger partial charge in [-0.05, 0) is 18.2 Å². The third-order valence-electron chi connectivity index (χ3n) is 3.10. The van der Waals surface area contributed by atoms with Crippen LogP contribution in [0.25, 0.3) is 11.3 Å². The fourth-order valence-electron chi connectivity index (χ4n) is 2.18. The van der Waals surface area contributed by atoms with Gasteiger partial charge in [0.1, 0.15) is 5.76 Å². The van der Waals surface area contributed by atoms with Gasteiger partial charge in [-0.1, -0.05) is 30.3 Å². The predicted molar refractivity (Wildman–Crippen MR) is 71.2 cm³/mol. The van der Waals surface area contributed by atoms with Crippen LogP contribution in [-0.4, -0.2) is 20.6 Å². The summed E-state index contributed by atoms with van der Waals surface area (Å²) >= 11 is 0. The van der Waals surface area contributed by atoms with E-state index in [2.05, 4.69) is 0 Å². The number of rotatable bonds is 2. The smallest absolute Gasteiger partial charge is 0.337 e. The summed E-state index contributed by atoms with van der Waals surface area (Å²) in [5, 5.41) is 19.9. The molecular weight excluding hydrogens is 242 g/mol. The maximum Gasteiger partial charge on any atom is 0.337 e. The van der Waals surface area contributed by atoms with Crippen molar-refractivity contribution in [2.75, 3.05) is 0 Å². The highest BCUT2D eigenvalue weighted by Crippen LogP contribution is 2.13. The van der Waals surface area contributed by atoms with Crippen LogP contribution >= 0.6 is 0 Å². The van der Waals surface area contributed by atoms with Crippen molar-refractivity contribution >= 4 is 17.2 Å². The van der Waals surface area contributed by atoms with E-state index in [0.29, 0.717) is 16.4 Å². The number of hydrogen-bond acceptors (Lipinski definition) is 2. The fraction of sp³-hybridized carbons (Fsp3) is 0. The van der Waals surface area contributed by atoms with Crippen LogP contribution in [-0.2, 0) is 0 Å². The Bertz CT molecular complexity index is 803.